The normalized spacial score (nSPS) is 20.6. The van der Waals surface area contributed by atoms with Crippen LogP contribution in [0.4, 0.5) is 0 Å². The molecule has 0 bridgehead atoms. The molecule has 1 N–H and O–H groups in total. The van der Waals surface area contributed by atoms with E-state index >= 15 is 0 Å². The lowest BCUT2D eigenvalue weighted by Gasteiger charge is -2.34. The molecule has 1 atom stereocenters. The number of nitrogens with one attached hydrogen (secondary N) is 1. The Morgan fingerprint density at radius 2 is 2.31 bits per heavy atom. The maximum absolute atomic E-state index is 5.30. The Labute approximate surface area is 97.4 Å². The van der Waals surface area contributed by atoms with E-state index in [1.807, 2.05) is 7.05 Å². The largest absolute Gasteiger partial charge is 0.497 e. The van der Waals surface area contributed by atoms with Crippen LogP contribution in [0.15, 0.2) is 18.2 Å². The maximum Gasteiger partial charge on any atom is 0.119 e. The van der Waals surface area contributed by atoms with Crippen molar-refractivity contribution in [1.82, 2.24) is 10.2 Å². The second-order valence-corrected chi connectivity index (χ2v) is 4.37. The zero-order chi connectivity index (χ0) is 11.5. The van der Waals surface area contributed by atoms with Crippen LogP contribution in [0.1, 0.15) is 17.2 Å². The fraction of sp³-hybridized carbons (Fsp3) is 0.538. The van der Waals surface area contributed by atoms with E-state index in [2.05, 4.69) is 35.5 Å². The quantitative estimate of drug-likeness (QED) is 0.834. The monoisotopic (exact) mass is 220 g/mol. The third kappa shape index (κ3) is 2.06. The van der Waals surface area contributed by atoms with Gasteiger partial charge in [0.15, 0.2) is 0 Å². The van der Waals surface area contributed by atoms with Gasteiger partial charge < -0.3 is 10.1 Å². The van der Waals surface area contributed by atoms with E-state index in [0.29, 0.717) is 6.04 Å². The Morgan fingerprint density at radius 1 is 1.50 bits per heavy atom. The van der Waals surface area contributed by atoms with Crippen molar-refractivity contribution in [2.45, 2.75) is 12.5 Å². The number of fused-ring (bicyclic) bond motifs is 1. The average molecular weight is 220 g/mol. The van der Waals surface area contributed by atoms with E-state index in [1.165, 1.54) is 11.1 Å². The predicted octanol–water partition coefficient (Wildman–Crippen LogP) is 1.44. The first-order chi connectivity index (χ1) is 7.76. The van der Waals surface area contributed by atoms with Crippen LogP contribution in [0.3, 0.4) is 0 Å². The first kappa shape index (κ1) is 11.4. The van der Waals surface area contributed by atoms with E-state index < -0.39 is 0 Å². The molecule has 0 radical (unpaired) electrons. The van der Waals surface area contributed by atoms with Gasteiger partial charge in [-0.05, 0) is 43.8 Å². The molecule has 0 saturated heterocycles. The molecular formula is C13H20N2O. The Balaban J connectivity index is 2.35. The van der Waals surface area contributed by atoms with E-state index in [9.17, 15) is 0 Å². The smallest absolute Gasteiger partial charge is 0.119 e. The van der Waals surface area contributed by atoms with E-state index in [-0.39, 0.29) is 0 Å². The Morgan fingerprint density at radius 3 is 3.00 bits per heavy atom. The molecule has 1 aliphatic heterocycles. The van der Waals surface area contributed by atoms with Gasteiger partial charge in [-0.15, -0.1) is 0 Å². The molecule has 1 unspecified atom stereocenters. The lowest BCUT2D eigenvalue weighted by molar-refractivity contribution is 0.227. The zero-order valence-corrected chi connectivity index (χ0v) is 10.3. The number of rotatable bonds is 3. The molecule has 0 saturated carbocycles. The second kappa shape index (κ2) is 4.85. The van der Waals surface area contributed by atoms with Crippen molar-refractivity contribution in [3.05, 3.63) is 29.3 Å². The minimum absolute atomic E-state index is 0.462. The molecule has 0 fully saturated rings. The molecule has 3 heteroatoms. The third-order valence-corrected chi connectivity index (χ3v) is 3.38. The minimum Gasteiger partial charge on any atom is -0.497 e. The highest BCUT2D eigenvalue weighted by Crippen LogP contribution is 2.30. The SMILES string of the molecule is CNCC1c2cc(OC)ccc2CCN1C. The number of hydrogen-bond donors (Lipinski definition) is 1. The highest BCUT2D eigenvalue weighted by Gasteiger charge is 2.24. The van der Waals surface area contributed by atoms with Crippen molar-refractivity contribution in [2.75, 3.05) is 34.3 Å². The first-order valence-electron chi connectivity index (χ1n) is 5.78. The van der Waals surface area contributed by atoms with Crippen LogP contribution in [0.2, 0.25) is 0 Å². The van der Waals surface area contributed by atoms with Crippen LogP contribution in [0.5, 0.6) is 5.75 Å². The summed E-state index contributed by atoms with van der Waals surface area (Å²) >= 11 is 0. The molecular weight excluding hydrogens is 200 g/mol. The molecule has 0 aromatic heterocycles. The molecule has 88 valence electrons. The van der Waals surface area contributed by atoms with Gasteiger partial charge in [-0.3, -0.25) is 4.90 Å². The number of methoxy groups -OCH3 is 1. The van der Waals surface area contributed by atoms with Crippen molar-refractivity contribution in [3.8, 4) is 5.75 Å². The summed E-state index contributed by atoms with van der Waals surface area (Å²) in [5, 5.41) is 3.26. The van der Waals surface area contributed by atoms with Gasteiger partial charge in [0.25, 0.3) is 0 Å². The summed E-state index contributed by atoms with van der Waals surface area (Å²) in [6.07, 6.45) is 1.13. The molecule has 2 rings (SSSR count). The summed E-state index contributed by atoms with van der Waals surface area (Å²) in [4.78, 5) is 2.40. The van der Waals surface area contributed by atoms with Gasteiger partial charge in [0.1, 0.15) is 5.75 Å². The fourth-order valence-electron chi connectivity index (χ4n) is 2.39. The molecule has 1 aromatic carbocycles. The molecule has 1 aliphatic rings. The highest BCUT2D eigenvalue weighted by molar-refractivity contribution is 5.39. The molecule has 0 aliphatic carbocycles. The molecule has 1 heterocycles. The summed E-state index contributed by atoms with van der Waals surface area (Å²) < 4.78 is 5.30. The number of ether oxygens (including phenoxy) is 1. The molecule has 1 aromatic rings. The molecule has 16 heavy (non-hydrogen) atoms. The van der Waals surface area contributed by atoms with Gasteiger partial charge in [0, 0.05) is 19.1 Å². The van der Waals surface area contributed by atoms with Crippen molar-refractivity contribution >= 4 is 0 Å². The predicted molar refractivity (Wildman–Crippen MR) is 66.0 cm³/mol. The number of benzene rings is 1. The standard InChI is InChI=1S/C13H20N2O/c1-14-9-13-12-8-11(16-3)5-4-10(12)6-7-15(13)2/h4-5,8,13-14H,6-7,9H2,1-3H3. The topological polar surface area (TPSA) is 24.5 Å². The molecule has 0 spiro atoms. The lowest BCUT2D eigenvalue weighted by Crippen LogP contribution is -2.37. The van der Waals surface area contributed by atoms with E-state index in [4.69, 9.17) is 4.74 Å². The van der Waals surface area contributed by atoms with Gasteiger partial charge in [0.2, 0.25) is 0 Å². The Kier molecular flexibility index (Phi) is 3.46. The van der Waals surface area contributed by atoms with Crippen molar-refractivity contribution in [3.63, 3.8) is 0 Å². The highest BCUT2D eigenvalue weighted by atomic mass is 16.5. The van der Waals surface area contributed by atoms with Gasteiger partial charge in [-0.2, -0.15) is 0 Å². The van der Waals surface area contributed by atoms with Crippen LogP contribution in [-0.4, -0.2) is 39.2 Å². The van der Waals surface area contributed by atoms with Gasteiger partial charge in [-0.1, -0.05) is 6.07 Å². The van der Waals surface area contributed by atoms with Gasteiger partial charge >= 0.3 is 0 Å². The van der Waals surface area contributed by atoms with Crippen LogP contribution in [0, 0.1) is 0 Å². The second-order valence-electron chi connectivity index (χ2n) is 4.37. The van der Waals surface area contributed by atoms with Crippen molar-refractivity contribution in [1.29, 1.82) is 0 Å². The minimum atomic E-state index is 0.462. The van der Waals surface area contributed by atoms with Gasteiger partial charge in [0.05, 0.1) is 7.11 Å². The van der Waals surface area contributed by atoms with Gasteiger partial charge in [-0.25, -0.2) is 0 Å². The van der Waals surface area contributed by atoms with E-state index in [0.717, 1.165) is 25.3 Å². The summed E-state index contributed by atoms with van der Waals surface area (Å²) in [6.45, 7) is 2.11. The average Bonchev–Trinajstić information content (AvgIpc) is 2.32. The first-order valence-corrected chi connectivity index (χ1v) is 5.78. The van der Waals surface area contributed by atoms with Crippen LogP contribution >= 0.6 is 0 Å². The summed E-state index contributed by atoms with van der Waals surface area (Å²) in [6, 6.07) is 6.89. The van der Waals surface area contributed by atoms with Crippen molar-refractivity contribution in [2.24, 2.45) is 0 Å². The number of hydrogen-bond acceptors (Lipinski definition) is 3. The summed E-state index contributed by atoms with van der Waals surface area (Å²) in [7, 11) is 5.91. The molecule has 0 amide bonds. The number of nitrogens with zero attached hydrogens (tertiary/aromatic N) is 1. The Bertz CT molecular complexity index is 365. The molecule has 3 nitrogen and oxygen atoms in total. The van der Waals surface area contributed by atoms with Crippen LogP contribution < -0.4 is 10.1 Å². The third-order valence-electron chi connectivity index (χ3n) is 3.38. The maximum atomic E-state index is 5.30. The van der Waals surface area contributed by atoms with E-state index in [1.54, 1.807) is 7.11 Å². The fourth-order valence-corrected chi connectivity index (χ4v) is 2.39. The summed E-state index contributed by atoms with van der Waals surface area (Å²) in [5.74, 6) is 0.954. The van der Waals surface area contributed by atoms with Crippen molar-refractivity contribution < 1.29 is 4.74 Å². The van der Waals surface area contributed by atoms with Crippen LogP contribution in [-0.2, 0) is 6.42 Å². The Hall–Kier alpha value is -1.06. The lowest BCUT2D eigenvalue weighted by atomic mass is 9.92. The summed E-state index contributed by atoms with van der Waals surface area (Å²) in [5.41, 5.74) is 2.86. The number of likely N-dealkylation sites (N-methyl/N-ethyl adjacent to an activating group) is 2. The van der Waals surface area contributed by atoms with Crippen LogP contribution in [0.25, 0.3) is 0 Å². The zero-order valence-electron chi connectivity index (χ0n) is 10.3.